The fourth-order valence-corrected chi connectivity index (χ4v) is 8.62. The van der Waals surface area contributed by atoms with Gasteiger partial charge in [-0.1, -0.05) is 13.8 Å². The molecule has 2 aromatic rings. The fraction of sp³-hybridized carbons (Fsp3) is 0.708. The number of thiophene rings is 1. The van der Waals surface area contributed by atoms with Crippen molar-refractivity contribution >= 4 is 27.5 Å². The Balaban J connectivity index is 1.30. The first-order chi connectivity index (χ1) is 14.4. The van der Waals surface area contributed by atoms with Crippen molar-refractivity contribution in [1.82, 2.24) is 14.5 Å². The lowest BCUT2D eigenvalue weighted by atomic mass is 9.49. The van der Waals surface area contributed by atoms with Crippen LogP contribution >= 0.6 is 11.3 Å². The maximum atomic E-state index is 13.8. The van der Waals surface area contributed by atoms with E-state index in [4.69, 9.17) is 0 Å². The van der Waals surface area contributed by atoms with Crippen LogP contribution in [-0.4, -0.2) is 26.9 Å². The van der Waals surface area contributed by atoms with Gasteiger partial charge in [0.25, 0.3) is 5.56 Å². The number of nitrogens with zero attached hydrogens (tertiary/aromatic N) is 3. The van der Waals surface area contributed by atoms with Gasteiger partial charge in [-0.3, -0.25) is 14.2 Å². The van der Waals surface area contributed by atoms with E-state index in [9.17, 15) is 9.59 Å². The van der Waals surface area contributed by atoms with Crippen LogP contribution in [0.2, 0.25) is 0 Å². The average Bonchev–Trinajstić information content (AvgIpc) is 3.06. The smallest absolute Gasteiger partial charge is 0.262 e. The molecule has 5 nitrogen and oxygen atoms in total. The molecule has 4 fully saturated rings. The van der Waals surface area contributed by atoms with Crippen LogP contribution in [0.4, 0.5) is 0 Å². The Morgan fingerprint density at radius 2 is 1.87 bits per heavy atom. The van der Waals surface area contributed by atoms with Crippen LogP contribution in [0.15, 0.2) is 11.1 Å². The fourth-order valence-electron chi connectivity index (χ4n) is 7.42. The Kier molecular flexibility index (Phi) is 4.22. The molecule has 4 saturated carbocycles. The van der Waals surface area contributed by atoms with Crippen LogP contribution in [0.5, 0.6) is 0 Å². The number of amides is 1. The number of rotatable bonds is 3. The first kappa shape index (κ1) is 19.0. The summed E-state index contributed by atoms with van der Waals surface area (Å²) in [6, 6.07) is 0. The zero-order chi connectivity index (χ0) is 20.6. The lowest BCUT2D eigenvalue weighted by Gasteiger charge is -2.56. The summed E-state index contributed by atoms with van der Waals surface area (Å²) in [5.41, 5.74) is 1.16. The van der Waals surface area contributed by atoms with Gasteiger partial charge in [0.05, 0.1) is 23.7 Å². The van der Waals surface area contributed by atoms with Crippen molar-refractivity contribution in [3.8, 4) is 0 Å². The molecule has 5 aliphatic rings. The lowest BCUT2D eigenvalue weighted by molar-refractivity contribution is -0.158. The Labute approximate surface area is 181 Å². The highest BCUT2D eigenvalue weighted by atomic mass is 32.1. The zero-order valence-electron chi connectivity index (χ0n) is 18.0. The third-order valence-corrected chi connectivity index (χ3v) is 9.29. The van der Waals surface area contributed by atoms with Crippen molar-refractivity contribution in [1.29, 1.82) is 0 Å². The molecule has 4 bridgehead atoms. The quantitative estimate of drug-likeness (QED) is 0.740. The number of carbonyl (C=O) groups is 1. The van der Waals surface area contributed by atoms with E-state index in [0.717, 1.165) is 65.8 Å². The molecular weight excluding hydrogens is 394 g/mol. The Morgan fingerprint density at radius 1 is 1.20 bits per heavy atom. The minimum Gasteiger partial charge on any atom is -0.337 e. The largest absolute Gasteiger partial charge is 0.337 e. The standard InChI is InChI=1S/C24H31N3O2S/c1-14(2)11-27-13-25-21-20(22(27)28)18-3-4-26(12-19(18)30-21)23(29)24-8-15-5-16(9-24)7-17(6-15)10-24/h13-17H,3-12H2,1-2H3. The highest BCUT2D eigenvalue weighted by Gasteiger charge is 2.55. The van der Waals surface area contributed by atoms with Gasteiger partial charge >= 0.3 is 0 Å². The molecule has 7 rings (SSSR count). The van der Waals surface area contributed by atoms with Gasteiger partial charge in [-0.15, -0.1) is 11.3 Å². The summed E-state index contributed by atoms with van der Waals surface area (Å²) in [6.45, 7) is 6.35. The van der Waals surface area contributed by atoms with Crippen LogP contribution in [-0.2, 0) is 24.3 Å². The van der Waals surface area contributed by atoms with Gasteiger partial charge in [0.15, 0.2) is 0 Å². The summed E-state index contributed by atoms with van der Waals surface area (Å²) < 4.78 is 1.76. The molecule has 2 aromatic heterocycles. The van der Waals surface area contributed by atoms with Crippen molar-refractivity contribution in [3.63, 3.8) is 0 Å². The average molecular weight is 426 g/mol. The normalized spacial score (nSPS) is 32.2. The van der Waals surface area contributed by atoms with Gasteiger partial charge in [0, 0.05) is 18.0 Å². The van der Waals surface area contributed by atoms with Crippen LogP contribution in [0.3, 0.4) is 0 Å². The molecule has 6 heteroatoms. The maximum Gasteiger partial charge on any atom is 0.262 e. The first-order valence-corrected chi connectivity index (χ1v) is 12.5. The summed E-state index contributed by atoms with van der Waals surface area (Å²) in [5.74, 6) is 3.18. The molecule has 4 aliphatic carbocycles. The first-order valence-electron chi connectivity index (χ1n) is 11.7. The summed E-state index contributed by atoms with van der Waals surface area (Å²) in [6.07, 6.45) is 9.93. The molecule has 0 radical (unpaired) electrons. The van der Waals surface area contributed by atoms with E-state index in [1.807, 2.05) is 0 Å². The minimum absolute atomic E-state index is 0.0782. The summed E-state index contributed by atoms with van der Waals surface area (Å²) >= 11 is 1.62. The molecule has 3 heterocycles. The van der Waals surface area contributed by atoms with Crippen molar-refractivity contribution in [2.45, 2.75) is 71.9 Å². The van der Waals surface area contributed by atoms with E-state index in [1.165, 1.54) is 24.1 Å². The number of hydrogen-bond acceptors (Lipinski definition) is 4. The van der Waals surface area contributed by atoms with Crippen molar-refractivity contribution in [3.05, 3.63) is 27.1 Å². The van der Waals surface area contributed by atoms with Crippen molar-refractivity contribution < 1.29 is 4.79 Å². The van der Waals surface area contributed by atoms with Gasteiger partial charge in [-0.2, -0.15) is 0 Å². The second-order valence-electron chi connectivity index (χ2n) is 11.0. The summed E-state index contributed by atoms with van der Waals surface area (Å²) in [5, 5.41) is 0.806. The van der Waals surface area contributed by atoms with Crippen LogP contribution in [0.25, 0.3) is 10.2 Å². The van der Waals surface area contributed by atoms with Gasteiger partial charge in [0.1, 0.15) is 4.83 Å². The number of aromatic nitrogens is 2. The third kappa shape index (κ3) is 2.82. The van der Waals surface area contributed by atoms with Crippen LogP contribution in [0.1, 0.15) is 62.8 Å². The highest BCUT2D eigenvalue weighted by Crippen LogP contribution is 2.60. The van der Waals surface area contributed by atoms with Gasteiger partial charge in [-0.25, -0.2) is 4.98 Å². The van der Waals surface area contributed by atoms with E-state index < -0.39 is 0 Å². The predicted octanol–water partition coefficient (Wildman–Crippen LogP) is 4.22. The van der Waals surface area contributed by atoms with Crippen LogP contribution < -0.4 is 5.56 Å². The molecule has 160 valence electrons. The molecule has 0 atom stereocenters. The zero-order valence-corrected chi connectivity index (χ0v) is 18.8. The van der Waals surface area contributed by atoms with Gasteiger partial charge in [-0.05, 0) is 74.2 Å². The maximum absolute atomic E-state index is 13.8. The van der Waals surface area contributed by atoms with Crippen LogP contribution in [0, 0.1) is 29.1 Å². The molecule has 0 aromatic carbocycles. The lowest BCUT2D eigenvalue weighted by Crippen LogP contribution is -2.55. The SMILES string of the molecule is CC(C)Cn1cnc2sc3c(c2c1=O)CCN(C(=O)C12CC4CC(CC(C4)C1)C2)C3. The molecule has 0 N–H and O–H groups in total. The van der Waals surface area contributed by atoms with Crippen molar-refractivity contribution in [2.24, 2.45) is 29.1 Å². The molecule has 1 amide bonds. The molecule has 1 aliphatic heterocycles. The predicted molar refractivity (Wildman–Crippen MR) is 118 cm³/mol. The minimum atomic E-state index is -0.0782. The van der Waals surface area contributed by atoms with E-state index in [-0.39, 0.29) is 11.0 Å². The molecule has 0 unspecified atom stereocenters. The Morgan fingerprint density at radius 3 is 2.50 bits per heavy atom. The van der Waals surface area contributed by atoms with Gasteiger partial charge < -0.3 is 4.90 Å². The van der Waals surface area contributed by atoms with E-state index in [0.29, 0.717) is 24.9 Å². The molecule has 30 heavy (non-hydrogen) atoms. The second-order valence-corrected chi connectivity index (χ2v) is 12.0. The highest BCUT2D eigenvalue weighted by molar-refractivity contribution is 7.18. The topological polar surface area (TPSA) is 55.2 Å². The molecule has 0 saturated heterocycles. The monoisotopic (exact) mass is 425 g/mol. The Bertz CT molecular complexity index is 1050. The van der Waals surface area contributed by atoms with Crippen molar-refractivity contribution in [2.75, 3.05) is 6.54 Å². The van der Waals surface area contributed by atoms with E-state index in [1.54, 1.807) is 22.2 Å². The van der Waals surface area contributed by atoms with Gasteiger partial charge in [0.2, 0.25) is 5.91 Å². The number of fused-ring (bicyclic) bond motifs is 3. The number of hydrogen-bond donors (Lipinski definition) is 0. The summed E-state index contributed by atoms with van der Waals surface area (Å²) in [4.78, 5) is 35.6. The number of carbonyl (C=O) groups excluding carboxylic acids is 1. The molecular formula is C24H31N3O2S. The molecule has 0 spiro atoms. The Hall–Kier alpha value is -1.69. The second kappa shape index (κ2) is 6.65. The third-order valence-electron chi connectivity index (χ3n) is 8.17. The van der Waals surface area contributed by atoms with E-state index >= 15 is 0 Å². The van der Waals surface area contributed by atoms with E-state index in [2.05, 4.69) is 23.7 Å². The summed E-state index contributed by atoms with van der Waals surface area (Å²) in [7, 11) is 0.